The van der Waals surface area contributed by atoms with Crippen LogP contribution >= 0.6 is 15.9 Å². The van der Waals surface area contributed by atoms with E-state index >= 15 is 0 Å². The zero-order valence-corrected chi connectivity index (χ0v) is 10.5. The number of carbonyl (C=O) groups is 1. The molecule has 0 radical (unpaired) electrons. The van der Waals surface area contributed by atoms with Crippen LogP contribution in [0.5, 0.6) is 0 Å². The van der Waals surface area contributed by atoms with Gasteiger partial charge < -0.3 is 4.74 Å². The Hall–Kier alpha value is -0.970. The fourth-order valence-corrected chi connectivity index (χ4v) is 1.19. The van der Waals surface area contributed by atoms with Crippen LogP contribution in [0.15, 0.2) is 22.9 Å². The molecule has 16 heavy (non-hydrogen) atoms. The van der Waals surface area contributed by atoms with Gasteiger partial charge in [0.2, 0.25) is 0 Å². The van der Waals surface area contributed by atoms with Crippen LogP contribution < -0.4 is 0 Å². The molecule has 2 rings (SSSR count). The van der Waals surface area contributed by atoms with Gasteiger partial charge in [-0.3, -0.25) is 9.78 Å². The van der Waals surface area contributed by atoms with Crippen molar-refractivity contribution in [2.24, 2.45) is 5.92 Å². The van der Waals surface area contributed by atoms with Gasteiger partial charge in [0.25, 0.3) is 0 Å². The fourth-order valence-electron chi connectivity index (χ4n) is 0.937. The first-order chi connectivity index (χ1) is 7.65. The van der Waals surface area contributed by atoms with E-state index in [1.165, 1.54) is 18.5 Å². The first kappa shape index (κ1) is 13.1. The summed E-state index contributed by atoms with van der Waals surface area (Å²) in [7, 11) is 0. The van der Waals surface area contributed by atoms with Crippen LogP contribution in [-0.2, 0) is 9.53 Å². The average Bonchev–Trinajstić information content (AvgIpc) is 3.07. The lowest BCUT2D eigenvalue weighted by Crippen LogP contribution is -2.04. The Kier molecular flexibility index (Phi) is 5.38. The molecule has 1 aliphatic carbocycles. The number of aromatic nitrogens is 1. The normalized spacial score (nSPS) is 13.7. The lowest BCUT2D eigenvalue weighted by molar-refractivity contribution is -0.144. The molecule has 88 valence electrons. The minimum absolute atomic E-state index is 0.00694. The zero-order valence-electron chi connectivity index (χ0n) is 8.95. The van der Waals surface area contributed by atoms with Gasteiger partial charge in [0.15, 0.2) is 0 Å². The summed E-state index contributed by atoms with van der Waals surface area (Å²) in [6.07, 6.45) is 4.90. The summed E-state index contributed by atoms with van der Waals surface area (Å²) in [5, 5.41) is 0. The third-order valence-electron chi connectivity index (χ3n) is 1.92. The molecule has 0 aromatic carbocycles. The van der Waals surface area contributed by atoms with Crippen LogP contribution in [0.2, 0.25) is 0 Å². The smallest absolute Gasteiger partial charge is 0.308 e. The quantitative estimate of drug-likeness (QED) is 0.786. The first-order valence-corrected chi connectivity index (χ1v) is 5.86. The number of esters is 1. The predicted octanol–water partition coefficient (Wildman–Crippen LogP) is 2.94. The minimum atomic E-state index is -0.278. The summed E-state index contributed by atoms with van der Waals surface area (Å²) in [6, 6.07) is 1.30. The summed E-state index contributed by atoms with van der Waals surface area (Å²) in [5.41, 5.74) is 0. The number of rotatable bonds is 2. The molecule has 1 aromatic heterocycles. The van der Waals surface area contributed by atoms with Crippen LogP contribution in [0.3, 0.4) is 0 Å². The second-order valence-electron chi connectivity index (χ2n) is 3.32. The number of ether oxygens (including phenoxy) is 1. The maximum Gasteiger partial charge on any atom is 0.308 e. The Balaban J connectivity index is 0.000000160. The number of pyridine rings is 1. The molecule has 0 aliphatic heterocycles. The van der Waals surface area contributed by atoms with E-state index < -0.39 is 0 Å². The zero-order chi connectivity index (χ0) is 12.0. The van der Waals surface area contributed by atoms with Crippen molar-refractivity contribution in [1.29, 1.82) is 0 Å². The van der Waals surface area contributed by atoms with Gasteiger partial charge in [0.1, 0.15) is 5.82 Å². The Morgan fingerprint density at radius 3 is 2.75 bits per heavy atom. The van der Waals surface area contributed by atoms with Crippen LogP contribution in [0.25, 0.3) is 0 Å². The molecular formula is C11H13BrFNO2. The monoisotopic (exact) mass is 289 g/mol. The van der Waals surface area contributed by atoms with Crippen molar-refractivity contribution in [2.45, 2.75) is 19.8 Å². The molecular weight excluding hydrogens is 277 g/mol. The average molecular weight is 290 g/mol. The van der Waals surface area contributed by atoms with Crippen molar-refractivity contribution >= 4 is 21.9 Å². The molecule has 0 unspecified atom stereocenters. The van der Waals surface area contributed by atoms with Crippen molar-refractivity contribution in [1.82, 2.24) is 4.98 Å². The Labute approximate surface area is 102 Å². The van der Waals surface area contributed by atoms with Gasteiger partial charge in [0.05, 0.1) is 17.0 Å². The second kappa shape index (κ2) is 6.58. The maximum atomic E-state index is 12.2. The van der Waals surface area contributed by atoms with Crippen LogP contribution in [0.4, 0.5) is 4.39 Å². The standard InChI is InChI=1S/C6H10O2.C5H3BrFN/c1-2-8-6(7)5-3-4-5;6-4-3-8-2-1-5(4)7/h5H,2-4H2,1H3;1-3H. The number of nitrogens with zero attached hydrogens (tertiary/aromatic N) is 1. The molecule has 0 saturated heterocycles. The summed E-state index contributed by atoms with van der Waals surface area (Å²) < 4.78 is 17.4. The lowest BCUT2D eigenvalue weighted by atomic mass is 10.4. The summed E-state index contributed by atoms with van der Waals surface area (Å²) in [5.74, 6) is -0.0255. The van der Waals surface area contributed by atoms with Gasteiger partial charge >= 0.3 is 5.97 Å². The van der Waals surface area contributed by atoms with Gasteiger partial charge in [-0.25, -0.2) is 4.39 Å². The van der Waals surface area contributed by atoms with E-state index in [1.807, 2.05) is 6.92 Å². The third kappa shape index (κ3) is 4.70. The maximum absolute atomic E-state index is 12.2. The molecule has 3 nitrogen and oxygen atoms in total. The molecule has 1 aliphatic rings. The minimum Gasteiger partial charge on any atom is -0.466 e. The summed E-state index contributed by atoms with van der Waals surface area (Å²) in [6.45, 7) is 2.36. The van der Waals surface area contributed by atoms with Crippen molar-refractivity contribution in [2.75, 3.05) is 6.61 Å². The molecule has 0 bridgehead atoms. The molecule has 0 spiro atoms. The van der Waals surface area contributed by atoms with Gasteiger partial charge in [-0.05, 0) is 41.8 Å². The molecule has 5 heteroatoms. The van der Waals surface area contributed by atoms with Crippen molar-refractivity contribution in [3.8, 4) is 0 Å². The topological polar surface area (TPSA) is 39.2 Å². The molecule has 1 heterocycles. The largest absolute Gasteiger partial charge is 0.466 e. The van der Waals surface area contributed by atoms with Gasteiger partial charge in [-0.15, -0.1) is 0 Å². The molecule has 0 atom stereocenters. The predicted molar refractivity (Wildman–Crippen MR) is 61.3 cm³/mol. The van der Waals surface area contributed by atoms with Crippen molar-refractivity contribution in [3.63, 3.8) is 0 Å². The molecule has 1 saturated carbocycles. The van der Waals surface area contributed by atoms with E-state index in [0.717, 1.165) is 12.8 Å². The van der Waals surface area contributed by atoms with Gasteiger partial charge in [-0.2, -0.15) is 0 Å². The van der Waals surface area contributed by atoms with E-state index in [-0.39, 0.29) is 17.7 Å². The molecule has 0 N–H and O–H groups in total. The van der Waals surface area contributed by atoms with Gasteiger partial charge in [-0.1, -0.05) is 0 Å². The van der Waals surface area contributed by atoms with Gasteiger partial charge in [0, 0.05) is 12.4 Å². The SMILES string of the molecule is CCOC(=O)C1CC1.Fc1ccncc1Br. The molecule has 0 amide bonds. The van der Waals surface area contributed by atoms with Crippen LogP contribution in [0, 0.1) is 11.7 Å². The van der Waals surface area contributed by atoms with Crippen LogP contribution in [0.1, 0.15) is 19.8 Å². The Morgan fingerprint density at radius 1 is 1.69 bits per heavy atom. The van der Waals surface area contributed by atoms with E-state index in [4.69, 9.17) is 4.74 Å². The number of halogens is 2. The highest BCUT2D eigenvalue weighted by Gasteiger charge is 2.30. The highest BCUT2D eigenvalue weighted by atomic mass is 79.9. The lowest BCUT2D eigenvalue weighted by Gasteiger charge is -1.95. The second-order valence-corrected chi connectivity index (χ2v) is 4.17. The highest BCUT2D eigenvalue weighted by molar-refractivity contribution is 9.10. The van der Waals surface area contributed by atoms with Crippen LogP contribution in [-0.4, -0.2) is 17.6 Å². The van der Waals surface area contributed by atoms with Crippen molar-refractivity contribution < 1.29 is 13.9 Å². The summed E-state index contributed by atoms with van der Waals surface area (Å²) >= 11 is 2.96. The molecule has 1 fully saturated rings. The summed E-state index contributed by atoms with van der Waals surface area (Å²) in [4.78, 5) is 14.2. The number of hydrogen-bond donors (Lipinski definition) is 0. The number of carbonyl (C=O) groups excluding carboxylic acids is 1. The third-order valence-corrected chi connectivity index (χ3v) is 2.50. The Bertz CT molecular complexity index is 335. The van der Waals surface area contributed by atoms with Crippen molar-refractivity contribution in [3.05, 3.63) is 28.7 Å². The number of hydrogen-bond acceptors (Lipinski definition) is 3. The van der Waals surface area contributed by atoms with E-state index in [0.29, 0.717) is 11.1 Å². The van der Waals surface area contributed by atoms with E-state index in [9.17, 15) is 9.18 Å². The first-order valence-electron chi connectivity index (χ1n) is 5.06. The molecule has 1 aromatic rings. The highest BCUT2D eigenvalue weighted by Crippen LogP contribution is 2.29. The Morgan fingerprint density at radius 2 is 2.38 bits per heavy atom. The van der Waals surface area contributed by atoms with E-state index in [1.54, 1.807) is 0 Å². The van der Waals surface area contributed by atoms with E-state index in [2.05, 4.69) is 20.9 Å². The fraction of sp³-hybridized carbons (Fsp3) is 0.455.